The molecule has 1 N–H and O–H groups in total. The first-order valence-corrected chi connectivity index (χ1v) is 9.91. The minimum absolute atomic E-state index is 0.135. The molecule has 4 aliphatic rings. The number of carbonyl (C=O) groups excluding carboxylic acids is 1. The van der Waals surface area contributed by atoms with Gasteiger partial charge in [-0.2, -0.15) is 0 Å². The Bertz CT molecular complexity index is 607. The van der Waals surface area contributed by atoms with Crippen LogP contribution in [0.25, 0.3) is 0 Å². The maximum atomic E-state index is 11.5. The van der Waals surface area contributed by atoms with E-state index in [0.717, 1.165) is 49.9 Å². The molecular formula is C20H27BrO2. The van der Waals surface area contributed by atoms with Crippen molar-refractivity contribution in [3.05, 3.63) is 21.7 Å². The fourth-order valence-corrected chi connectivity index (χ4v) is 7.15. The first-order chi connectivity index (χ1) is 10.9. The third-order valence-electron chi connectivity index (χ3n) is 7.83. The highest BCUT2D eigenvalue weighted by Crippen LogP contribution is 2.66. The van der Waals surface area contributed by atoms with Crippen LogP contribution in [0.2, 0.25) is 0 Å². The predicted molar refractivity (Wildman–Crippen MR) is 95.1 cm³/mol. The van der Waals surface area contributed by atoms with Gasteiger partial charge >= 0.3 is 0 Å². The average Bonchev–Trinajstić information content (AvgIpc) is 2.79. The molecule has 6 atom stereocenters. The van der Waals surface area contributed by atoms with E-state index in [1.54, 1.807) is 0 Å². The van der Waals surface area contributed by atoms with Crippen LogP contribution in [0.4, 0.5) is 0 Å². The van der Waals surface area contributed by atoms with Crippen LogP contribution in [0, 0.1) is 28.6 Å². The van der Waals surface area contributed by atoms with Gasteiger partial charge in [-0.15, -0.1) is 0 Å². The summed E-state index contributed by atoms with van der Waals surface area (Å²) >= 11 is 3.77. The van der Waals surface area contributed by atoms with E-state index in [-0.39, 0.29) is 16.9 Å². The lowest BCUT2D eigenvalue weighted by Crippen LogP contribution is -2.49. The molecule has 0 aromatic heterocycles. The Morgan fingerprint density at radius 2 is 1.91 bits per heavy atom. The van der Waals surface area contributed by atoms with Gasteiger partial charge in [0, 0.05) is 15.5 Å². The molecule has 2 nitrogen and oxygen atoms in total. The van der Waals surface area contributed by atoms with Gasteiger partial charge in [-0.1, -0.05) is 41.4 Å². The molecule has 0 aromatic carbocycles. The fraction of sp³-hybridized carbons (Fsp3) is 0.750. The summed E-state index contributed by atoms with van der Waals surface area (Å²) in [6.07, 6.45) is 10.9. The number of halogens is 1. The molecule has 3 heteroatoms. The van der Waals surface area contributed by atoms with E-state index in [4.69, 9.17) is 0 Å². The van der Waals surface area contributed by atoms with Crippen LogP contribution in [0.1, 0.15) is 58.8 Å². The molecule has 0 bridgehead atoms. The number of aldehydes is 1. The number of fused-ring (bicyclic) bond motifs is 5. The van der Waals surface area contributed by atoms with Crippen molar-refractivity contribution in [2.45, 2.75) is 64.9 Å². The Labute approximate surface area is 147 Å². The van der Waals surface area contributed by atoms with Gasteiger partial charge in [0.05, 0.1) is 6.10 Å². The van der Waals surface area contributed by atoms with Crippen LogP contribution in [0.15, 0.2) is 21.7 Å². The molecule has 0 saturated heterocycles. The molecule has 0 unspecified atom stereocenters. The molecule has 0 spiro atoms. The van der Waals surface area contributed by atoms with Crippen molar-refractivity contribution in [3.63, 3.8) is 0 Å². The van der Waals surface area contributed by atoms with E-state index in [9.17, 15) is 9.90 Å². The largest absolute Gasteiger partial charge is 0.393 e. The maximum Gasteiger partial charge on any atom is 0.146 e. The van der Waals surface area contributed by atoms with Crippen molar-refractivity contribution in [3.8, 4) is 0 Å². The van der Waals surface area contributed by atoms with Crippen LogP contribution in [-0.4, -0.2) is 17.5 Å². The Kier molecular flexibility index (Phi) is 3.70. The van der Waals surface area contributed by atoms with Gasteiger partial charge in [0.2, 0.25) is 0 Å². The molecule has 0 heterocycles. The lowest BCUT2D eigenvalue weighted by atomic mass is 9.48. The number of hydrogen-bond acceptors (Lipinski definition) is 2. The van der Waals surface area contributed by atoms with E-state index in [1.807, 2.05) is 0 Å². The van der Waals surface area contributed by atoms with Gasteiger partial charge in [-0.05, 0) is 68.1 Å². The lowest BCUT2D eigenvalue weighted by Gasteiger charge is -2.57. The van der Waals surface area contributed by atoms with Crippen molar-refractivity contribution in [1.29, 1.82) is 0 Å². The molecule has 0 aliphatic heterocycles. The summed E-state index contributed by atoms with van der Waals surface area (Å²) in [6, 6.07) is 0. The first-order valence-electron chi connectivity index (χ1n) is 9.12. The van der Waals surface area contributed by atoms with E-state index < -0.39 is 0 Å². The number of allylic oxidation sites excluding steroid dienone is 3. The predicted octanol–water partition coefficient (Wildman–Crippen LogP) is 4.77. The summed E-state index contributed by atoms with van der Waals surface area (Å²) in [7, 11) is 0. The van der Waals surface area contributed by atoms with Crippen molar-refractivity contribution in [2.24, 2.45) is 28.6 Å². The van der Waals surface area contributed by atoms with Crippen molar-refractivity contribution in [2.75, 3.05) is 0 Å². The molecule has 2 saturated carbocycles. The Hall–Kier alpha value is -0.410. The second-order valence-corrected chi connectivity index (χ2v) is 9.57. The number of rotatable bonds is 1. The Morgan fingerprint density at radius 3 is 2.65 bits per heavy atom. The third-order valence-corrected chi connectivity index (χ3v) is 9.25. The molecule has 23 heavy (non-hydrogen) atoms. The van der Waals surface area contributed by atoms with E-state index in [2.05, 4.69) is 35.9 Å². The monoisotopic (exact) mass is 378 g/mol. The number of aliphatic hydroxyl groups excluding tert-OH is 1. The second-order valence-electron chi connectivity index (χ2n) is 8.77. The van der Waals surface area contributed by atoms with Gasteiger partial charge in [0.15, 0.2) is 0 Å². The number of aliphatic hydroxyl groups is 1. The van der Waals surface area contributed by atoms with Crippen LogP contribution in [0.3, 0.4) is 0 Å². The average molecular weight is 379 g/mol. The normalized spacial score (nSPS) is 49.1. The summed E-state index contributed by atoms with van der Waals surface area (Å²) in [5.74, 6) is 2.00. The van der Waals surface area contributed by atoms with Gasteiger partial charge in [0.25, 0.3) is 0 Å². The summed E-state index contributed by atoms with van der Waals surface area (Å²) in [6.45, 7) is 4.81. The lowest BCUT2D eigenvalue weighted by molar-refractivity contribution is -0.105. The van der Waals surface area contributed by atoms with Gasteiger partial charge in [-0.3, -0.25) is 4.79 Å². The molecule has 0 aromatic rings. The topological polar surface area (TPSA) is 37.3 Å². The quantitative estimate of drug-likeness (QED) is 0.527. The molecule has 0 amide bonds. The highest BCUT2D eigenvalue weighted by atomic mass is 79.9. The van der Waals surface area contributed by atoms with Crippen LogP contribution >= 0.6 is 15.9 Å². The van der Waals surface area contributed by atoms with Gasteiger partial charge in [-0.25, -0.2) is 0 Å². The molecular weight excluding hydrogens is 352 g/mol. The Balaban J connectivity index is 1.69. The van der Waals surface area contributed by atoms with E-state index >= 15 is 0 Å². The summed E-state index contributed by atoms with van der Waals surface area (Å²) in [5.41, 5.74) is 2.95. The molecule has 4 rings (SSSR count). The summed E-state index contributed by atoms with van der Waals surface area (Å²) in [4.78, 5) is 11.5. The zero-order chi connectivity index (χ0) is 16.4. The SMILES string of the molecule is C[C@]12CC[C@H](O)CC1=CC[C@@H]1[C@@H]2CC[C@]2(C)C(Br)=C(C=O)C[C@@H]12. The molecule has 4 aliphatic carbocycles. The van der Waals surface area contributed by atoms with Gasteiger partial charge in [0.1, 0.15) is 6.29 Å². The highest BCUT2D eigenvalue weighted by molar-refractivity contribution is 9.11. The summed E-state index contributed by atoms with van der Waals surface area (Å²) < 4.78 is 1.18. The standard InChI is InChI=1S/C20H27BrO2/c1-19-7-5-14(23)10-13(19)3-4-15-16(19)6-8-20(2)17(15)9-12(11-22)18(20)21/h3,11,14-17,23H,4-10H2,1-2H3/t14-,15+,16-,17-,19-,20-/m0/s1. The van der Waals surface area contributed by atoms with Crippen molar-refractivity contribution in [1.82, 2.24) is 0 Å². The first kappa shape index (κ1) is 16.1. The zero-order valence-corrected chi connectivity index (χ0v) is 15.7. The van der Waals surface area contributed by atoms with E-state index in [1.165, 1.54) is 22.9 Å². The molecule has 2 fully saturated rings. The molecule has 126 valence electrons. The molecule has 0 radical (unpaired) electrons. The van der Waals surface area contributed by atoms with Crippen molar-refractivity contribution < 1.29 is 9.90 Å². The minimum atomic E-state index is -0.135. The number of hydrogen-bond donors (Lipinski definition) is 1. The van der Waals surface area contributed by atoms with Crippen molar-refractivity contribution >= 4 is 22.2 Å². The van der Waals surface area contributed by atoms with Crippen LogP contribution in [0.5, 0.6) is 0 Å². The maximum absolute atomic E-state index is 11.5. The minimum Gasteiger partial charge on any atom is -0.393 e. The highest BCUT2D eigenvalue weighted by Gasteiger charge is 2.57. The summed E-state index contributed by atoms with van der Waals surface area (Å²) in [5, 5.41) is 10.1. The van der Waals surface area contributed by atoms with Crippen LogP contribution < -0.4 is 0 Å². The smallest absolute Gasteiger partial charge is 0.146 e. The van der Waals surface area contributed by atoms with Gasteiger partial charge < -0.3 is 5.11 Å². The third kappa shape index (κ3) is 2.12. The van der Waals surface area contributed by atoms with E-state index in [0.29, 0.717) is 11.8 Å². The van der Waals surface area contributed by atoms with Crippen LogP contribution in [-0.2, 0) is 4.79 Å². The second kappa shape index (κ2) is 5.29. The fourth-order valence-electron chi connectivity index (χ4n) is 6.40. The Morgan fingerprint density at radius 1 is 1.17 bits per heavy atom. The number of carbonyl (C=O) groups is 1. The zero-order valence-electron chi connectivity index (χ0n) is 14.1.